The van der Waals surface area contributed by atoms with Crippen molar-refractivity contribution in [1.29, 1.82) is 0 Å². The van der Waals surface area contributed by atoms with E-state index in [-0.39, 0.29) is 5.97 Å². The summed E-state index contributed by atoms with van der Waals surface area (Å²) in [5.41, 5.74) is 0.796. The molecule has 0 heterocycles. The van der Waals surface area contributed by atoms with Crippen LogP contribution in [-0.2, 0) is 9.53 Å². The SMILES string of the molecule is CCOC(=O)C(C)Nc1cc(OC)ccc1Br. The second kappa shape index (κ2) is 6.49. The molecular weight excluding hydrogens is 286 g/mol. The Labute approximate surface area is 109 Å². The highest BCUT2D eigenvalue weighted by atomic mass is 79.9. The van der Waals surface area contributed by atoms with E-state index in [1.54, 1.807) is 21.0 Å². The van der Waals surface area contributed by atoms with Crippen LogP contribution in [0.1, 0.15) is 13.8 Å². The van der Waals surface area contributed by atoms with E-state index in [1.807, 2.05) is 18.2 Å². The molecule has 0 bridgehead atoms. The molecule has 1 atom stereocenters. The number of nitrogens with one attached hydrogen (secondary N) is 1. The zero-order chi connectivity index (χ0) is 12.8. The monoisotopic (exact) mass is 301 g/mol. The molecule has 0 aliphatic rings. The highest BCUT2D eigenvalue weighted by molar-refractivity contribution is 9.10. The number of carbonyl (C=O) groups is 1. The second-order valence-corrected chi connectivity index (χ2v) is 4.32. The van der Waals surface area contributed by atoms with Gasteiger partial charge in [-0.25, -0.2) is 4.79 Å². The number of carbonyl (C=O) groups excluding carboxylic acids is 1. The number of rotatable bonds is 5. The van der Waals surface area contributed by atoms with Gasteiger partial charge < -0.3 is 14.8 Å². The number of benzene rings is 1. The summed E-state index contributed by atoms with van der Waals surface area (Å²) in [7, 11) is 1.60. The quantitative estimate of drug-likeness (QED) is 0.850. The Balaban J connectivity index is 2.76. The minimum Gasteiger partial charge on any atom is -0.497 e. The molecule has 0 aromatic heterocycles. The van der Waals surface area contributed by atoms with Crippen LogP contribution in [0.5, 0.6) is 5.75 Å². The van der Waals surface area contributed by atoms with Crippen molar-refractivity contribution in [3.05, 3.63) is 22.7 Å². The fourth-order valence-electron chi connectivity index (χ4n) is 1.30. The number of ether oxygens (including phenoxy) is 2. The predicted octanol–water partition coefficient (Wildman–Crippen LogP) is 2.82. The van der Waals surface area contributed by atoms with Crippen LogP contribution in [0.2, 0.25) is 0 Å². The summed E-state index contributed by atoms with van der Waals surface area (Å²) >= 11 is 3.41. The third-order valence-corrected chi connectivity index (χ3v) is 2.88. The first-order chi connectivity index (χ1) is 8.08. The van der Waals surface area contributed by atoms with E-state index >= 15 is 0 Å². The zero-order valence-corrected chi connectivity index (χ0v) is 11.7. The van der Waals surface area contributed by atoms with Crippen LogP contribution in [0.15, 0.2) is 22.7 Å². The van der Waals surface area contributed by atoms with E-state index in [2.05, 4.69) is 21.2 Å². The Morgan fingerprint density at radius 1 is 1.53 bits per heavy atom. The minimum absolute atomic E-state index is 0.276. The lowest BCUT2D eigenvalue weighted by molar-refractivity contribution is -0.143. The van der Waals surface area contributed by atoms with Crippen LogP contribution in [0, 0.1) is 0 Å². The summed E-state index contributed by atoms with van der Waals surface area (Å²) in [6.07, 6.45) is 0. The Bertz CT molecular complexity index is 395. The number of esters is 1. The van der Waals surface area contributed by atoms with Crippen molar-refractivity contribution >= 4 is 27.6 Å². The smallest absolute Gasteiger partial charge is 0.328 e. The van der Waals surface area contributed by atoms with Gasteiger partial charge in [0, 0.05) is 10.5 Å². The second-order valence-electron chi connectivity index (χ2n) is 3.46. The van der Waals surface area contributed by atoms with E-state index in [1.165, 1.54) is 0 Å². The third-order valence-electron chi connectivity index (χ3n) is 2.19. The van der Waals surface area contributed by atoms with Crippen molar-refractivity contribution in [3.8, 4) is 5.75 Å². The molecule has 17 heavy (non-hydrogen) atoms. The van der Waals surface area contributed by atoms with E-state index in [4.69, 9.17) is 9.47 Å². The lowest BCUT2D eigenvalue weighted by Crippen LogP contribution is -2.28. The van der Waals surface area contributed by atoms with E-state index in [0.717, 1.165) is 15.9 Å². The van der Waals surface area contributed by atoms with Gasteiger partial charge in [-0.15, -0.1) is 0 Å². The van der Waals surface area contributed by atoms with Crippen LogP contribution >= 0.6 is 15.9 Å². The lowest BCUT2D eigenvalue weighted by Gasteiger charge is -2.15. The van der Waals surface area contributed by atoms with Gasteiger partial charge >= 0.3 is 5.97 Å². The first kappa shape index (κ1) is 13.8. The zero-order valence-electron chi connectivity index (χ0n) is 10.1. The highest BCUT2D eigenvalue weighted by Crippen LogP contribution is 2.27. The Morgan fingerprint density at radius 2 is 2.24 bits per heavy atom. The molecule has 0 spiro atoms. The van der Waals surface area contributed by atoms with Crippen molar-refractivity contribution in [2.24, 2.45) is 0 Å². The van der Waals surface area contributed by atoms with E-state index in [0.29, 0.717) is 6.61 Å². The van der Waals surface area contributed by atoms with Crippen LogP contribution in [0.25, 0.3) is 0 Å². The molecule has 1 N–H and O–H groups in total. The summed E-state index contributed by atoms with van der Waals surface area (Å²) in [6.45, 7) is 3.92. The summed E-state index contributed by atoms with van der Waals surface area (Å²) in [5.74, 6) is 0.453. The molecule has 0 saturated carbocycles. The molecule has 0 fully saturated rings. The maximum absolute atomic E-state index is 11.5. The summed E-state index contributed by atoms with van der Waals surface area (Å²) in [4.78, 5) is 11.5. The fourth-order valence-corrected chi connectivity index (χ4v) is 1.66. The molecule has 1 rings (SSSR count). The van der Waals surface area contributed by atoms with E-state index in [9.17, 15) is 4.79 Å². The van der Waals surface area contributed by atoms with Gasteiger partial charge in [-0.3, -0.25) is 0 Å². The first-order valence-electron chi connectivity index (χ1n) is 5.35. The van der Waals surface area contributed by atoms with Crippen molar-refractivity contribution in [1.82, 2.24) is 0 Å². The molecule has 0 amide bonds. The van der Waals surface area contributed by atoms with Crippen LogP contribution in [-0.4, -0.2) is 25.7 Å². The van der Waals surface area contributed by atoms with Crippen LogP contribution in [0.4, 0.5) is 5.69 Å². The van der Waals surface area contributed by atoms with Gasteiger partial charge in [0.15, 0.2) is 0 Å². The molecule has 1 aromatic rings. The number of halogens is 1. The molecule has 1 unspecified atom stereocenters. The average Bonchev–Trinajstić information content (AvgIpc) is 2.32. The predicted molar refractivity (Wildman–Crippen MR) is 70.4 cm³/mol. The van der Waals surface area contributed by atoms with Gasteiger partial charge in [0.25, 0.3) is 0 Å². The minimum atomic E-state index is -0.404. The lowest BCUT2D eigenvalue weighted by atomic mass is 10.2. The van der Waals surface area contributed by atoms with Crippen molar-refractivity contribution < 1.29 is 14.3 Å². The molecule has 0 aliphatic heterocycles. The number of methoxy groups -OCH3 is 1. The number of hydrogen-bond acceptors (Lipinski definition) is 4. The van der Waals surface area contributed by atoms with Crippen molar-refractivity contribution in [3.63, 3.8) is 0 Å². The van der Waals surface area contributed by atoms with Gasteiger partial charge in [-0.2, -0.15) is 0 Å². The maximum Gasteiger partial charge on any atom is 0.328 e. The average molecular weight is 302 g/mol. The standard InChI is InChI=1S/C12H16BrNO3/c1-4-17-12(15)8(2)14-11-7-9(16-3)5-6-10(11)13/h5-8,14H,4H2,1-3H3. The summed E-state index contributed by atoms with van der Waals surface area (Å²) in [5, 5.41) is 3.07. The van der Waals surface area contributed by atoms with Gasteiger partial charge in [0.1, 0.15) is 11.8 Å². The van der Waals surface area contributed by atoms with E-state index < -0.39 is 6.04 Å². The normalized spacial score (nSPS) is 11.8. The summed E-state index contributed by atoms with van der Waals surface area (Å²) in [6, 6.07) is 5.11. The third kappa shape index (κ3) is 3.93. The molecule has 1 aromatic carbocycles. The van der Waals surface area contributed by atoms with Gasteiger partial charge in [0.2, 0.25) is 0 Å². The Morgan fingerprint density at radius 3 is 2.82 bits per heavy atom. The van der Waals surface area contributed by atoms with Crippen LogP contribution in [0.3, 0.4) is 0 Å². The van der Waals surface area contributed by atoms with Gasteiger partial charge in [-0.1, -0.05) is 0 Å². The molecular formula is C12H16BrNO3. The highest BCUT2D eigenvalue weighted by Gasteiger charge is 2.14. The van der Waals surface area contributed by atoms with Crippen LogP contribution < -0.4 is 10.1 Å². The molecule has 5 heteroatoms. The van der Waals surface area contributed by atoms with Gasteiger partial charge in [0.05, 0.1) is 19.4 Å². The molecule has 94 valence electrons. The Hall–Kier alpha value is -1.23. The number of anilines is 1. The Kier molecular flexibility index (Phi) is 5.28. The fraction of sp³-hybridized carbons (Fsp3) is 0.417. The van der Waals surface area contributed by atoms with Crippen molar-refractivity contribution in [2.75, 3.05) is 19.0 Å². The maximum atomic E-state index is 11.5. The summed E-state index contributed by atoms with van der Waals surface area (Å²) < 4.78 is 10.9. The largest absolute Gasteiger partial charge is 0.497 e. The molecule has 0 radical (unpaired) electrons. The number of hydrogen-bond donors (Lipinski definition) is 1. The molecule has 4 nitrogen and oxygen atoms in total. The first-order valence-corrected chi connectivity index (χ1v) is 6.14. The topological polar surface area (TPSA) is 47.6 Å². The van der Waals surface area contributed by atoms with Gasteiger partial charge in [-0.05, 0) is 41.9 Å². The van der Waals surface area contributed by atoms with Crippen molar-refractivity contribution in [2.45, 2.75) is 19.9 Å². The molecule has 0 saturated heterocycles. The molecule has 0 aliphatic carbocycles.